The van der Waals surface area contributed by atoms with E-state index in [0.717, 1.165) is 0 Å². The topological polar surface area (TPSA) is 0 Å². The quantitative estimate of drug-likeness (QED) is 0.347. The Morgan fingerprint density at radius 3 is 0.667 bits per heavy atom. The maximum Gasteiger partial charge on any atom is 2.00 e. The van der Waals surface area contributed by atoms with Crippen LogP contribution in [0, 0.1) is 0 Å². The van der Waals surface area contributed by atoms with E-state index in [1.807, 2.05) is 0 Å². The van der Waals surface area contributed by atoms with Crippen LogP contribution >= 0.6 is 0 Å². The van der Waals surface area contributed by atoms with Crippen molar-refractivity contribution in [2.75, 3.05) is 0 Å². The monoisotopic (exact) mass is 207 g/mol. The molecule has 6 heavy (non-hydrogen) atoms. The van der Waals surface area contributed by atoms with Gasteiger partial charge in [-0.1, -0.05) is 0 Å². The summed E-state index contributed by atoms with van der Waals surface area (Å²) in [5, 5.41) is 0. The maximum absolute atomic E-state index is 0. The normalized spacial score (nSPS) is 0. The molecule has 0 aromatic rings. The third-order valence-electron chi connectivity index (χ3n) is 0. The Labute approximate surface area is 151 Å². The molecule has 0 fully saturated rings. The zero-order valence-corrected chi connectivity index (χ0v) is 13.4. The van der Waals surface area contributed by atoms with Crippen LogP contribution in [0.15, 0.2) is 0 Å². The molecule has 0 spiro atoms. The minimum atomic E-state index is 0. The van der Waals surface area contributed by atoms with Crippen molar-refractivity contribution in [3.63, 3.8) is 0 Å². The molecule has 0 amide bonds. The van der Waals surface area contributed by atoms with Crippen molar-refractivity contribution in [3.8, 4) is 0 Å². The fourth-order valence-electron chi connectivity index (χ4n) is 0. The Morgan fingerprint density at radius 1 is 0.667 bits per heavy atom. The molecule has 6 heteroatoms. The summed E-state index contributed by atoms with van der Waals surface area (Å²) in [5.41, 5.74) is 0. The molecular formula is CaCl3KNa+. The smallest absolute Gasteiger partial charge is 1.00 e. The third-order valence-corrected chi connectivity index (χ3v) is 0. The third kappa shape index (κ3) is 23.3. The number of rotatable bonds is 0. The van der Waals surface area contributed by atoms with E-state index in [1.54, 1.807) is 0 Å². The van der Waals surface area contributed by atoms with Gasteiger partial charge in [-0.05, 0) is 0 Å². The molecule has 0 aliphatic carbocycles. The predicted molar refractivity (Wildman–Crippen MR) is 5.75 cm³/mol. The summed E-state index contributed by atoms with van der Waals surface area (Å²) in [6, 6.07) is 0. The maximum atomic E-state index is 0. The largest absolute Gasteiger partial charge is 2.00 e. The van der Waals surface area contributed by atoms with Gasteiger partial charge in [-0.15, -0.1) is 0 Å². The van der Waals surface area contributed by atoms with Gasteiger partial charge in [-0.25, -0.2) is 0 Å². The van der Waals surface area contributed by atoms with E-state index in [4.69, 9.17) is 0 Å². The van der Waals surface area contributed by atoms with Crippen LogP contribution in [-0.4, -0.2) is 37.7 Å². The second kappa shape index (κ2) is 33.0. The molecule has 24 valence electrons. The number of hydrogen-bond acceptors (Lipinski definition) is 0. The zero-order valence-electron chi connectivity index (χ0n) is 3.84. The minimum absolute atomic E-state index is 0. The van der Waals surface area contributed by atoms with Gasteiger partial charge in [-0.3, -0.25) is 0 Å². The van der Waals surface area contributed by atoms with Crippen LogP contribution in [0.2, 0.25) is 0 Å². The van der Waals surface area contributed by atoms with Crippen molar-refractivity contribution in [2.24, 2.45) is 0 Å². The summed E-state index contributed by atoms with van der Waals surface area (Å²) in [6.45, 7) is 0. The molecule has 0 bridgehead atoms. The molecule has 0 aliphatic heterocycles. The van der Waals surface area contributed by atoms with Crippen LogP contribution in [-0.2, 0) is 0 Å². The van der Waals surface area contributed by atoms with Crippen LogP contribution in [0.1, 0.15) is 0 Å². The Morgan fingerprint density at radius 2 is 0.667 bits per heavy atom. The van der Waals surface area contributed by atoms with Crippen LogP contribution < -0.4 is 118 Å². The van der Waals surface area contributed by atoms with Crippen molar-refractivity contribution in [2.45, 2.75) is 0 Å². The average Bonchev–Trinajstić information content (AvgIpc) is 0. The summed E-state index contributed by atoms with van der Waals surface area (Å²) in [5.74, 6) is 0. The molecule has 0 saturated carbocycles. The van der Waals surface area contributed by atoms with Gasteiger partial charge < -0.3 is 37.2 Å². The van der Waals surface area contributed by atoms with Crippen LogP contribution in [0.3, 0.4) is 0 Å². The standard InChI is InChI=1S/Ca.3ClH.K.Na/h;3*1H;;/q+2;;;;2*+1/p-3. The van der Waals surface area contributed by atoms with Gasteiger partial charge in [0.2, 0.25) is 0 Å². The van der Waals surface area contributed by atoms with Crippen molar-refractivity contribution < 1.29 is 118 Å². The first kappa shape index (κ1) is 45.2. The fraction of sp³-hybridized carbons (Fsp3) is 0. The van der Waals surface area contributed by atoms with Crippen LogP contribution in [0.5, 0.6) is 0 Å². The SMILES string of the molecule is [Ca+2].[Cl-].[Cl-].[Cl-].[K+].[Na+]. The Bertz CT molecular complexity index is 10.8. The minimum Gasteiger partial charge on any atom is -1.00 e. The molecule has 0 saturated heterocycles. The van der Waals surface area contributed by atoms with E-state index >= 15 is 0 Å². The molecule has 0 heterocycles. The van der Waals surface area contributed by atoms with Gasteiger partial charge in [0, 0.05) is 0 Å². The van der Waals surface area contributed by atoms with Gasteiger partial charge >= 0.3 is 119 Å². The fourth-order valence-corrected chi connectivity index (χ4v) is 0. The summed E-state index contributed by atoms with van der Waals surface area (Å²) in [7, 11) is 0. The van der Waals surface area contributed by atoms with Gasteiger partial charge in [0.25, 0.3) is 0 Å². The molecule has 0 aromatic carbocycles. The molecule has 0 aromatic heterocycles. The first-order valence-corrected chi connectivity index (χ1v) is 0. The number of hydrogen-bond donors (Lipinski definition) is 0. The van der Waals surface area contributed by atoms with Crippen LogP contribution in [0.25, 0.3) is 0 Å². The van der Waals surface area contributed by atoms with Gasteiger partial charge in [0.05, 0.1) is 0 Å². The number of halogens is 3. The molecule has 0 radical (unpaired) electrons. The second-order valence-electron chi connectivity index (χ2n) is 0. The van der Waals surface area contributed by atoms with Crippen LogP contribution in [0.4, 0.5) is 0 Å². The van der Waals surface area contributed by atoms with Gasteiger partial charge in [0.15, 0.2) is 0 Å². The molecule has 0 aliphatic rings. The Hall–Kier alpha value is 4.77. The van der Waals surface area contributed by atoms with E-state index in [0.29, 0.717) is 0 Å². The molecule has 0 rings (SSSR count). The van der Waals surface area contributed by atoms with Gasteiger partial charge in [-0.2, -0.15) is 0 Å². The Kier molecular flexibility index (Phi) is 249. The summed E-state index contributed by atoms with van der Waals surface area (Å²) in [4.78, 5) is 0. The molecular weight excluding hydrogens is 209 g/mol. The Balaban J connectivity index is 0. The summed E-state index contributed by atoms with van der Waals surface area (Å²) < 4.78 is 0. The summed E-state index contributed by atoms with van der Waals surface area (Å²) in [6.07, 6.45) is 0. The average molecular weight is 209 g/mol. The molecule has 0 nitrogen and oxygen atoms in total. The van der Waals surface area contributed by atoms with Gasteiger partial charge in [0.1, 0.15) is 0 Å². The van der Waals surface area contributed by atoms with E-state index in [2.05, 4.69) is 0 Å². The summed E-state index contributed by atoms with van der Waals surface area (Å²) >= 11 is 0. The van der Waals surface area contributed by atoms with Crippen molar-refractivity contribution >= 4 is 37.7 Å². The van der Waals surface area contributed by atoms with E-state index < -0.39 is 0 Å². The van der Waals surface area contributed by atoms with Crippen molar-refractivity contribution in [3.05, 3.63) is 0 Å². The zero-order chi connectivity index (χ0) is 0. The van der Waals surface area contributed by atoms with Crippen molar-refractivity contribution in [1.29, 1.82) is 0 Å². The van der Waals surface area contributed by atoms with E-state index in [9.17, 15) is 0 Å². The first-order valence-electron chi connectivity index (χ1n) is 0. The molecule has 0 atom stereocenters. The predicted octanol–water partition coefficient (Wildman–Crippen LogP) is -15.4. The second-order valence-corrected chi connectivity index (χ2v) is 0. The first-order chi connectivity index (χ1) is 0. The molecule has 0 N–H and O–H groups in total. The van der Waals surface area contributed by atoms with E-state index in [-0.39, 0.29) is 156 Å². The molecule has 0 unspecified atom stereocenters. The van der Waals surface area contributed by atoms with Crippen molar-refractivity contribution in [1.82, 2.24) is 0 Å². The van der Waals surface area contributed by atoms with E-state index in [1.165, 1.54) is 0 Å².